The van der Waals surface area contributed by atoms with Gasteiger partial charge in [-0.25, -0.2) is 0 Å². The number of benzene rings is 10. The first-order valence-corrected chi connectivity index (χ1v) is 19.0. The van der Waals surface area contributed by atoms with Gasteiger partial charge in [-0.3, -0.25) is 0 Å². The first-order chi connectivity index (χ1) is 31.2. The molecule has 0 radical (unpaired) electrons. The van der Waals surface area contributed by atoms with Gasteiger partial charge < -0.3 is 4.90 Å². The second-order valence-corrected chi connectivity index (χ2v) is 13.9. The summed E-state index contributed by atoms with van der Waals surface area (Å²) in [6.07, 6.45) is 0. The molecule has 0 saturated carbocycles. The van der Waals surface area contributed by atoms with Gasteiger partial charge in [-0.15, -0.1) is 0 Å². The van der Waals surface area contributed by atoms with E-state index in [1.54, 1.807) is 4.90 Å². The van der Waals surface area contributed by atoms with Crippen LogP contribution in [0.25, 0.3) is 77.2 Å². The number of fused-ring (bicyclic) bond motifs is 2. The van der Waals surface area contributed by atoms with Crippen molar-refractivity contribution < 1.29 is 9.60 Å². The van der Waals surface area contributed by atoms with E-state index in [4.69, 9.17) is 0 Å². The van der Waals surface area contributed by atoms with E-state index in [9.17, 15) is 9.60 Å². The fraction of sp³-hybridized carbons (Fsp3) is 0. The van der Waals surface area contributed by atoms with Crippen LogP contribution in [0.2, 0.25) is 0 Å². The van der Waals surface area contributed by atoms with Crippen molar-refractivity contribution in [2.24, 2.45) is 0 Å². The molecular weight excluding hydrogens is 687 g/mol. The number of hydrogen-bond donors (Lipinski definition) is 0. The van der Waals surface area contributed by atoms with Gasteiger partial charge in [-0.2, -0.15) is 0 Å². The Bertz CT molecular complexity index is 3360. The van der Waals surface area contributed by atoms with Crippen LogP contribution in [-0.2, 0) is 0 Å². The molecular formula is C56H39N. The van der Waals surface area contributed by atoms with E-state index in [2.05, 4.69) is 36.4 Å². The lowest BCUT2D eigenvalue weighted by atomic mass is 9.89. The maximum absolute atomic E-state index is 9.86. The Balaban J connectivity index is 1.26. The van der Waals surface area contributed by atoms with Crippen LogP contribution in [0.5, 0.6) is 0 Å². The zero-order valence-corrected chi connectivity index (χ0v) is 30.9. The summed E-state index contributed by atoms with van der Waals surface area (Å²) in [6, 6.07) is 60.7. The molecule has 10 rings (SSSR count). The smallest absolute Gasteiger partial charge is 0.0645 e. The van der Waals surface area contributed by atoms with Gasteiger partial charge in [-0.05, 0) is 114 Å². The molecule has 0 atom stereocenters. The van der Waals surface area contributed by atoms with Crippen LogP contribution in [0, 0.1) is 0 Å². The fourth-order valence-electron chi connectivity index (χ4n) is 7.63. The van der Waals surface area contributed by atoms with Crippen molar-refractivity contribution in [1.29, 1.82) is 0 Å². The monoisotopic (exact) mass is 732 g/mol. The van der Waals surface area contributed by atoms with Gasteiger partial charge in [0.05, 0.1) is 15.3 Å². The van der Waals surface area contributed by atoms with E-state index < -0.39 is 0 Å². The van der Waals surface area contributed by atoms with Crippen molar-refractivity contribution in [3.8, 4) is 55.6 Å². The number of nitrogens with zero attached hydrogens (tertiary/aromatic N) is 1. The summed E-state index contributed by atoms with van der Waals surface area (Å²) in [5.41, 5.74) is 6.96. The molecule has 0 aliphatic carbocycles. The van der Waals surface area contributed by atoms with Crippen LogP contribution in [-0.4, -0.2) is 0 Å². The lowest BCUT2D eigenvalue weighted by Gasteiger charge is -2.29. The molecule has 1 heteroatoms. The second-order valence-electron chi connectivity index (χ2n) is 13.9. The zero-order chi connectivity index (χ0) is 44.1. The number of rotatable bonds is 8. The molecule has 10 aromatic rings. The summed E-state index contributed by atoms with van der Waals surface area (Å²) in [5.74, 6) is 0. The standard InChI is InChI=1S/C56H39N/c1-4-14-40(15-5-1)49-31-37-55(54(39-49)44-19-8-3-9-20-44)57(50-32-26-42(27-33-50)48-25-24-41-16-10-11-22-47(41)38-48)51-34-28-46(29-35-51)56-52-23-13-12-21-45(52)30-36-53(56)43-17-6-2-7-18-43/h1-39H/i26D,27D,31D,32D,33D,37D,39D. The molecule has 0 aliphatic rings. The van der Waals surface area contributed by atoms with Gasteiger partial charge in [0.25, 0.3) is 0 Å². The van der Waals surface area contributed by atoms with E-state index in [1.807, 2.05) is 158 Å². The van der Waals surface area contributed by atoms with Crippen LogP contribution in [0.3, 0.4) is 0 Å². The Morgan fingerprint density at radius 1 is 0.316 bits per heavy atom. The second kappa shape index (κ2) is 15.0. The van der Waals surface area contributed by atoms with Crippen LogP contribution < -0.4 is 4.90 Å². The lowest BCUT2D eigenvalue weighted by Crippen LogP contribution is -2.11. The quantitative estimate of drug-likeness (QED) is 0.150. The van der Waals surface area contributed by atoms with Crippen molar-refractivity contribution in [2.75, 3.05) is 4.90 Å². The molecule has 268 valence electrons. The molecule has 0 aromatic heterocycles. The van der Waals surface area contributed by atoms with E-state index >= 15 is 0 Å². The molecule has 0 heterocycles. The Labute approximate surface area is 344 Å². The van der Waals surface area contributed by atoms with Crippen molar-refractivity contribution in [1.82, 2.24) is 0 Å². The lowest BCUT2D eigenvalue weighted by molar-refractivity contribution is 1.28. The van der Waals surface area contributed by atoms with Gasteiger partial charge in [-0.1, -0.05) is 194 Å². The van der Waals surface area contributed by atoms with Crippen molar-refractivity contribution in [3.63, 3.8) is 0 Å². The summed E-state index contributed by atoms with van der Waals surface area (Å²) in [4.78, 5) is 1.56. The molecule has 0 unspecified atom stereocenters. The van der Waals surface area contributed by atoms with Crippen molar-refractivity contribution >= 4 is 38.6 Å². The minimum absolute atomic E-state index is 0.00122. The fourth-order valence-corrected chi connectivity index (χ4v) is 7.63. The molecule has 10 aromatic carbocycles. The predicted molar refractivity (Wildman–Crippen MR) is 243 cm³/mol. The average Bonchev–Trinajstić information content (AvgIpc) is 3.34. The Hall–Kier alpha value is -7.48. The van der Waals surface area contributed by atoms with Crippen LogP contribution in [0.15, 0.2) is 236 Å². The maximum atomic E-state index is 9.86. The topological polar surface area (TPSA) is 3.24 Å². The minimum atomic E-state index is -0.322. The molecule has 0 saturated heterocycles. The molecule has 0 bridgehead atoms. The third-order valence-electron chi connectivity index (χ3n) is 10.4. The molecule has 57 heavy (non-hydrogen) atoms. The predicted octanol–water partition coefficient (Wildman–Crippen LogP) is 15.8. The van der Waals surface area contributed by atoms with Crippen molar-refractivity contribution in [3.05, 3.63) is 236 Å². The average molecular weight is 733 g/mol. The molecule has 0 spiro atoms. The van der Waals surface area contributed by atoms with Gasteiger partial charge in [0, 0.05) is 16.9 Å². The normalized spacial score (nSPS) is 12.9. The third-order valence-corrected chi connectivity index (χ3v) is 10.4. The van der Waals surface area contributed by atoms with Gasteiger partial charge >= 0.3 is 0 Å². The van der Waals surface area contributed by atoms with Gasteiger partial charge in [0.2, 0.25) is 0 Å². The summed E-state index contributed by atoms with van der Waals surface area (Å²) in [6.45, 7) is 0. The molecule has 1 nitrogen and oxygen atoms in total. The maximum Gasteiger partial charge on any atom is 0.0645 e. The highest BCUT2D eigenvalue weighted by Gasteiger charge is 2.20. The summed E-state index contributed by atoms with van der Waals surface area (Å²) in [5, 5.41) is 4.03. The van der Waals surface area contributed by atoms with Gasteiger partial charge in [0.1, 0.15) is 0 Å². The van der Waals surface area contributed by atoms with Gasteiger partial charge in [0.15, 0.2) is 0 Å². The summed E-state index contributed by atoms with van der Waals surface area (Å²) >= 11 is 0. The molecule has 0 amide bonds. The minimum Gasteiger partial charge on any atom is -0.310 e. The molecule has 0 aliphatic heterocycles. The van der Waals surface area contributed by atoms with E-state index in [-0.39, 0.29) is 64.8 Å². The Morgan fingerprint density at radius 2 is 0.860 bits per heavy atom. The highest BCUT2D eigenvalue weighted by Crippen LogP contribution is 2.45. The number of anilines is 3. The highest BCUT2D eigenvalue weighted by atomic mass is 15.1. The Morgan fingerprint density at radius 3 is 1.56 bits per heavy atom. The zero-order valence-electron chi connectivity index (χ0n) is 37.9. The molecule has 0 N–H and O–H groups in total. The third kappa shape index (κ3) is 6.66. The summed E-state index contributed by atoms with van der Waals surface area (Å²) < 4.78 is 67.8. The molecule has 0 fully saturated rings. The number of hydrogen-bond acceptors (Lipinski definition) is 1. The first-order valence-electron chi connectivity index (χ1n) is 22.5. The van der Waals surface area contributed by atoms with Crippen LogP contribution in [0.4, 0.5) is 17.1 Å². The van der Waals surface area contributed by atoms with Crippen LogP contribution in [0.1, 0.15) is 9.60 Å². The highest BCUT2D eigenvalue weighted by molar-refractivity contribution is 6.04. The SMILES string of the molecule is [2H]c1c([2H])c(N(c2ccc(-c3c(-c4ccccc4)ccc4ccccc34)cc2)c2c([2H])c([2H])c(-c3ccccc3)c([2H])c2-c2ccccc2)c([2H])c([2H])c1-c1ccc2ccccc2c1. The van der Waals surface area contributed by atoms with Crippen LogP contribution >= 0.6 is 0 Å². The van der Waals surface area contributed by atoms with E-state index in [1.165, 1.54) is 0 Å². The van der Waals surface area contributed by atoms with E-state index in [0.29, 0.717) is 27.9 Å². The largest absolute Gasteiger partial charge is 0.310 e. The first kappa shape index (κ1) is 27.2. The van der Waals surface area contributed by atoms with Crippen molar-refractivity contribution in [2.45, 2.75) is 0 Å². The Kier molecular flexibility index (Phi) is 7.14. The summed E-state index contributed by atoms with van der Waals surface area (Å²) in [7, 11) is 0. The van der Waals surface area contributed by atoms with E-state index in [0.717, 1.165) is 43.8 Å².